The van der Waals surface area contributed by atoms with Crippen molar-refractivity contribution >= 4 is 34.5 Å². The number of thioether (sulfide) groups is 1. The summed E-state index contributed by atoms with van der Waals surface area (Å²) in [5.74, 6) is 1.08. The first-order valence-corrected chi connectivity index (χ1v) is 7.45. The molecule has 0 fully saturated rings. The average molecular weight is 264 g/mol. The molecule has 1 aromatic carbocycles. The van der Waals surface area contributed by atoms with Gasteiger partial charge in [0, 0.05) is 21.1 Å². The maximum Gasteiger partial charge on any atom is 0.0515 e. The molecule has 0 unspecified atom stereocenters. The Morgan fingerprint density at radius 1 is 1.29 bits per heavy atom. The molecule has 0 atom stereocenters. The van der Waals surface area contributed by atoms with Gasteiger partial charge in [0.25, 0.3) is 0 Å². The van der Waals surface area contributed by atoms with E-state index in [-0.39, 0.29) is 0 Å². The molecule has 0 spiro atoms. The van der Waals surface area contributed by atoms with Crippen LogP contribution in [0.1, 0.15) is 11.8 Å². The first kappa shape index (κ1) is 12.3. The number of hydrogen-bond acceptors (Lipinski definition) is 4. The number of thiophene rings is 1. The van der Waals surface area contributed by atoms with E-state index in [2.05, 4.69) is 36.5 Å². The van der Waals surface area contributed by atoms with Gasteiger partial charge in [-0.3, -0.25) is 0 Å². The minimum atomic E-state index is 0.796. The van der Waals surface area contributed by atoms with Crippen LogP contribution < -0.4 is 11.1 Å². The van der Waals surface area contributed by atoms with Gasteiger partial charge in [0.05, 0.1) is 6.54 Å². The highest BCUT2D eigenvalue weighted by Gasteiger charge is 2.03. The third-order valence-electron chi connectivity index (χ3n) is 2.41. The Bertz CT molecular complexity index is 480. The Balaban J connectivity index is 2.06. The topological polar surface area (TPSA) is 38.0 Å². The van der Waals surface area contributed by atoms with Crippen molar-refractivity contribution in [3.63, 3.8) is 0 Å². The number of benzene rings is 1. The van der Waals surface area contributed by atoms with Crippen LogP contribution in [0.5, 0.6) is 0 Å². The summed E-state index contributed by atoms with van der Waals surface area (Å²) in [4.78, 5) is 2.49. The van der Waals surface area contributed by atoms with Gasteiger partial charge in [0.2, 0.25) is 0 Å². The lowest BCUT2D eigenvalue weighted by Gasteiger charge is -2.10. The van der Waals surface area contributed by atoms with E-state index in [4.69, 9.17) is 5.73 Å². The summed E-state index contributed by atoms with van der Waals surface area (Å²) in [6, 6.07) is 10.3. The summed E-state index contributed by atoms with van der Waals surface area (Å²) in [6.07, 6.45) is 0. The van der Waals surface area contributed by atoms with E-state index in [1.807, 2.05) is 23.2 Å². The molecule has 0 aliphatic heterocycles. The van der Waals surface area contributed by atoms with Crippen LogP contribution in [0.2, 0.25) is 0 Å². The van der Waals surface area contributed by atoms with Crippen molar-refractivity contribution in [3.8, 4) is 0 Å². The van der Waals surface area contributed by atoms with E-state index >= 15 is 0 Å². The molecule has 0 aliphatic carbocycles. The fourth-order valence-corrected chi connectivity index (χ4v) is 3.08. The molecule has 2 rings (SSSR count). The summed E-state index contributed by atoms with van der Waals surface area (Å²) in [6.45, 7) is 2.96. The van der Waals surface area contributed by atoms with Crippen molar-refractivity contribution in [1.82, 2.24) is 0 Å². The first-order chi connectivity index (χ1) is 8.31. The Kier molecular flexibility index (Phi) is 4.34. The molecule has 3 N–H and O–H groups in total. The van der Waals surface area contributed by atoms with Crippen LogP contribution in [0.4, 0.5) is 11.4 Å². The van der Waals surface area contributed by atoms with Crippen LogP contribution in [-0.2, 0) is 6.54 Å². The first-order valence-electron chi connectivity index (χ1n) is 5.58. The van der Waals surface area contributed by atoms with Crippen molar-refractivity contribution in [2.75, 3.05) is 16.8 Å². The smallest absolute Gasteiger partial charge is 0.0515 e. The molecule has 0 bridgehead atoms. The quantitative estimate of drug-likeness (QED) is 0.800. The SMILES string of the molecule is CCSc1ccccc1NCc1sccc1N. The van der Waals surface area contributed by atoms with Gasteiger partial charge in [0.15, 0.2) is 0 Å². The summed E-state index contributed by atoms with van der Waals surface area (Å²) in [7, 11) is 0. The highest BCUT2D eigenvalue weighted by Crippen LogP contribution is 2.28. The molecular formula is C13H16N2S2. The molecule has 0 saturated heterocycles. The van der Waals surface area contributed by atoms with Crippen molar-refractivity contribution in [1.29, 1.82) is 0 Å². The normalized spacial score (nSPS) is 10.4. The van der Waals surface area contributed by atoms with Crippen LogP contribution in [0.15, 0.2) is 40.6 Å². The monoisotopic (exact) mass is 264 g/mol. The second kappa shape index (κ2) is 5.98. The zero-order valence-corrected chi connectivity index (χ0v) is 11.4. The van der Waals surface area contributed by atoms with E-state index < -0.39 is 0 Å². The molecule has 4 heteroatoms. The zero-order valence-electron chi connectivity index (χ0n) is 9.77. The number of rotatable bonds is 5. The van der Waals surface area contributed by atoms with Gasteiger partial charge in [-0.15, -0.1) is 23.1 Å². The summed E-state index contributed by atoms with van der Waals surface area (Å²) < 4.78 is 0. The number of nitrogens with two attached hydrogens (primary N) is 1. The Labute approximate surface area is 110 Å². The largest absolute Gasteiger partial charge is 0.398 e. The summed E-state index contributed by atoms with van der Waals surface area (Å²) in [5, 5.41) is 5.48. The van der Waals surface area contributed by atoms with Gasteiger partial charge < -0.3 is 11.1 Å². The van der Waals surface area contributed by atoms with Gasteiger partial charge in [-0.1, -0.05) is 19.1 Å². The standard InChI is InChI=1S/C13H16N2S2/c1-2-16-12-6-4-3-5-11(12)15-9-13-10(14)7-8-17-13/h3-8,15H,2,9,14H2,1H3. The molecule has 17 heavy (non-hydrogen) atoms. The van der Waals surface area contributed by atoms with Crippen LogP contribution >= 0.6 is 23.1 Å². The Morgan fingerprint density at radius 2 is 2.12 bits per heavy atom. The van der Waals surface area contributed by atoms with Crippen molar-refractivity contribution in [2.45, 2.75) is 18.4 Å². The van der Waals surface area contributed by atoms with Crippen molar-refractivity contribution in [3.05, 3.63) is 40.6 Å². The highest BCUT2D eigenvalue weighted by atomic mass is 32.2. The highest BCUT2D eigenvalue weighted by molar-refractivity contribution is 7.99. The molecular weight excluding hydrogens is 248 g/mol. The van der Waals surface area contributed by atoms with E-state index in [1.165, 1.54) is 15.5 Å². The summed E-state index contributed by atoms with van der Waals surface area (Å²) >= 11 is 3.55. The number of nitrogen functional groups attached to an aromatic ring is 1. The lowest BCUT2D eigenvalue weighted by Crippen LogP contribution is -2.01. The predicted octanol–water partition coefficient (Wildman–Crippen LogP) is 4.05. The second-order valence-corrected chi connectivity index (χ2v) is 5.89. The zero-order chi connectivity index (χ0) is 12.1. The maximum absolute atomic E-state index is 5.87. The number of hydrogen-bond donors (Lipinski definition) is 2. The molecule has 2 aromatic rings. The molecule has 0 amide bonds. The molecule has 0 aliphatic rings. The van der Waals surface area contributed by atoms with Crippen LogP contribution in [0, 0.1) is 0 Å². The molecule has 1 aromatic heterocycles. The van der Waals surface area contributed by atoms with Crippen LogP contribution in [0.3, 0.4) is 0 Å². The third kappa shape index (κ3) is 3.17. The lowest BCUT2D eigenvalue weighted by molar-refractivity contribution is 1.17. The average Bonchev–Trinajstić information content (AvgIpc) is 2.74. The van der Waals surface area contributed by atoms with Gasteiger partial charge in [-0.05, 0) is 29.3 Å². The molecule has 0 saturated carbocycles. The number of nitrogens with one attached hydrogen (secondary N) is 1. The van der Waals surface area contributed by atoms with Gasteiger partial charge in [-0.25, -0.2) is 0 Å². The molecule has 90 valence electrons. The Morgan fingerprint density at radius 3 is 2.82 bits per heavy atom. The second-order valence-electron chi connectivity index (χ2n) is 3.58. The Hall–Kier alpha value is -1.13. The van der Waals surface area contributed by atoms with Crippen LogP contribution in [0.25, 0.3) is 0 Å². The third-order valence-corrected chi connectivity index (χ3v) is 4.30. The lowest BCUT2D eigenvalue weighted by atomic mass is 10.3. The van der Waals surface area contributed by atoms with Gasteiger partial charge >= 0.3 is 0 Å². The molecule has 2 nitrogen and oxygen atoms in total. The predicted molar refractivity (Wildman–Crippen MR) is 78.9 cm³/mol. The minimum Gasteiger partial charge on any atom is -0.398 e. The maximum atomic E-state index is 5.87. The van der Waals surface area contributed by atoms with Crippen LogP contribution in [-0.4, -0.2) is 5.75 Å². The fourth-order valence-electron chi connectivity index (χ4n) is 1.56. The van der Waals surface area contributed by atoms with Crippen molar-refractivity contribution in [2.24, 2.45) is 0 Å². The number of anilines is 2. The minimum absolute atomic E-state index is 0.796. The fraction of sp³-hybridized carbons (Fsp3) is 0.231. The molecule has 0 radical (unpaired) electrons. The van der Waals surface area contributed by atoms with E-state index in [1.54, 1.807) is 11.3 Å². The summed E-state index contributed by atoms with van der Waals surface area (Å²) in [5.41, 5.74) is 7.93. The van der Waals surface area contributed by atoms with E-state index in [9.17, 15) is 0 Å². The van der Waals surface area contributed by atoms with E-state index in [0.717, 1.165) is 18.0 Å². The van der Waals surface area contributed by atoms with E-state index in [0.29, 0.717) is 0 Å². The van der Waals surface area contributed by atoms with Gasteiger partial charge in [0.1, 0.15) is 0 Å². The molecule has 1 heterocycles. The van der Waals surface area contributed by atoms with Gasteiger partial charge in [-0.2, -0.15) is 0 Å². The van der Waals surface area contributed by atoms with Crippen molar-refractivity contribution < 1.29 is 0 Å². The number of para-hydroxylation sites is 1.